The number of aliphatic hydroxyl groups excluding tert-OH is 1. The molecule has 0 saturated heterocycles. The number of carbonyl (C=O) groups excluding carboxylic acids is 1. The van der Waals surface area contributed by atoms with Crippen molar-refractivity contribution in [3.63, 3.8) is 0 Å². The zero-order chi connectivity index (χ0) is 24.3. The van der Waals surface area contributed by atoms with Crippen LogP contribution < -0.4 is 14.2 Å². The predicted molar refractivity (Wildman–Crippen MR) is 130 cm³/mol. The van der Waals surface area contributed by atoms with Crippen LogP contribution in [0.25, 0.3) is 0 Å². The molecule has 0 radical (unpaired) electrons. The smallest absolute Gasteiger partial charge is 0.346 e. The van der Waals surface area contributed by atoms with Crippen molar-refractivity contribution in [2.45, 2.75) is 60.2 Å². The van der Waals surface area contributed by atoms with Gasteiger partial charge in [-0.05, 0) is 71.3 Å². The van der Waals surface area contributed by atoms with E-state index in [1.54, 1.807) is 12.1 Å². The van der Waals surface area contributed by atoms with E-state index in [2.05, 4.69) is 29.8 Å². The summed E-state index contributed by atoms with van der Waals surface area (Å²) in [6, 6.07) is 5.34. The lowest BCUT2D eigenvalue weighted by Crippen LogP contribution is -2.16. The van der Waals surface area contributed by atoms with Crippen molar-refractivity contribution < 1.29 is 28.8 Å². The first kappa shape index (κ1) is 25.4. The molecule has 6 nitrogen and oxygen atoms in total. The fourth-order valence-corrected chi connectivity index (χ4v) is 4.21. The second-order valence-corrected chi connectivity index (χ2v) is 10.0. The van der Waals surface area contributed by atoms with Gasteiger partial charge in [-0.25, -0.2) is 4.79 Å². The quantitative estimate of drug-likeness (QED) is 0.388. The largest absolute Gasteiger partial charge is 0.495 e. The van der Waals surface area contributed by atoms with Gasteiger partial charge in [-0.1, -0.05) is 27.7 Å². The number of methoxy groups -OCH3 is 1. The minimum atomic E-state index is -0.775. The Kier molecular flexibility index (Phi) is 8.29. The van der Waals surface area contributed by atoms with Crippen molar-refractivity contribution in [3.8, 4) is 23.0 Å². The SMILES string of the molecule is COc1c([C@@H](O)CC(C)C)ccc2c1C(=O)OCc1c(Br)c(C)cc(OCCC(C)C)c1O2. The first-order valence-electron chi connectivity index (χ1n) is 11.3. The lowest BCUT2D eigenvalue weighted by molar-refractivity contribution is 0.0452. The highest BCUT2D eigenvalue weighted by atomic mass is 79.9. The Morgan fingerprint density at radius 1 is 1.18 bits per heavy atom. The summed E-state index contributed by atoms with van der Waals surface area (Å²) in [6.45, 7) is 10.9. The average Bonchev–Trinajstić information content (AvgIpc) is 2.73. The zero-order valence-corrected chi connectivity index (χ0v) is 21.7. The maximum atomic E-state index is 13.1. The van der Waals surface area contributed by atoms with Crippen LogP contribution in [-0.4, -0.2) is 24.8 Å². The van der Waals surface area contributed by atoms with Gasteiger partial charge in [-0.15, -0.1) is 0 Å². The van der Waals surface area contributed by atoms with E-state index in [0.717, 1.165) is 16.5 Å². The molecule has 0 spiro atoms. The number of halogens is 1. The predicted octanol–water partition coefficient (Wildman–Crippen LogP) is 6.73. The van der Waals surface area contributed by atoms with Crippen molar-refractivity contribution in [2.24, 2.45) is 11.8 Å². The van der Waals surface area contributed by atoms with Crippen LogP contribution in [0.15, 0.2) is 22.7 Å². The highest BCUT2D eigenvalue weighted by Crippen LogP contribution is 2.46. The zero-order valence-electron chi connectivity index (χ0n) is 20.2. The molecule has 3 rings (SSSR count). The number of ether oxygens (including phenoxy) is 4. The van der Waals surface area contributed by atoms with Crippen molar-refractivity contribution in [2.75, 3.05) is 13.7 Å². The van der Waals surface area contributed by atoms with E-state index in [-0.39, 0.29) is 23.8 Å². The van der Waals surface area contributed by atoms with Crippen LogP contribution in [0.1, 0.15) is 73.7 Å². The molecule has 0 amide bonds. The molecule has 0 aromatic heterocycles. The Balaban J connectivity index is 2.10. The summed E-state index contributed by atoms with van der Waals surface area (Å²) in [4.78, 5) is 13.1. The van der Waals surface area contributed by atoms with Crippen LogP contribution in [-0.2, 0) is 11.3 Å². The van der Waals surface area contributed by atoms with Crippen LogP contribution in [0.4, 0.5) is 0 Å². The molecule has 2 aromatic carbocycles. The number of esters is 1. The van der Waals surface area contributed by atoms with E-state index >= 15 is 0 Å². The van der Waals surface area contributed by atoms with Gasteiger partial charge in [0.1, 0.15) is 23.7 Å². The minimum Gasteiger partial charge on any atom is -0.495 e. The van der Waals surface area contributed by atoms with Crippen LogP contribution in [0.2, 0.25) is 0 Å². The molecular formula is C26H33BrO6. The topological polar surface area (TPSA) is 74.2 Å². The summed E-state index contributed by atoms with van der Waals surface area (Å²) in [5.74, 6) is 1.87. The second kappa shape index (κ2) is 10.8. The molecule has 1 N–H and O–H groups in total. The Bertz CT molecular complexity index is 1010. The van der Waals surface area contributed by atoms with Gasteiger partial charge in [-0.3, -0.25) is 0 Å². The van der Waals surface area contributed by atoms with Gasteiger partial charge in [0.25, 0.3) is 0 Å². The number of cyclic esters (lactones) is 1. The van der Waals surface area contributed by atoms with E-state index in [1.807, 2.05) is 26.8 Å². The highest BCUT2D eigenvalue weighted by molar-refractivity contribution is 9.10. The molecule has 7 heteroatoms. The molecule has 1 heterocycles. The van der Waals surface area contributed by atoms with Crippen molar-refractivity contribution in [3.05, 3.63) is 44.9 Å². The van der Waals surface area contributed by atoms with Crippen LogP contribution in [0.3, 0.4) is 0 Å². The lowest BCUT2D eigenvalue weighted by Gasteiger charge is -2.25. The Morgan fingerprint density at radius 2 is 1.91 bits per heavy atom. The number of rotatable bonds is 8. The molecule has 1 aliphatic rings. The summed E-state index contributed by atoms with van der Waals surface area (Å²) in [6.07, 6.45) is 0.663. The van der Waals surface area contributed by atoms with Gasteiger partial charge < -0.3 is 24.1 Å². The molecule has 0 aliphatic carbocycles. The molecule has 0 saturated carbocycles. The monoisotopic (exact) mass is 520 g/mol. The molecule has 1 atom stereocenters. The van der Waals surface area contributed by atoms with Gasteiger partial charge in [0.2, 0.25) is 0 Å². The van der Waals surface area contributed by atoms with E-state index < -0.39 is 12.1 Å². The average molecular weight is 521 g/mol. The Labute approximate surface area is 204 Å². The maximum Gasteiger partial charge on any atom is 0.346 e. The summed E-state index contributed by atoms with van der Waals surface area (Å²) < 4.78 is 24.5. The van der Waals surface area contributed by atoms with Crippen LogP contribution in [0.5, 0.6) is 23.0 Å². The molecule has 33 heavy (non-hydrogen) atoms. The summed E-state index contributed by atoms with van der Waals surface area (Å²) in [5.41, 5.74) is 2.35. The third-order valence-corrected chi connectivity index (χ3v) is 6.68. The molecule has 2 aromatic rings. The second-order valence-electron chi connectivity index (χ2n) is 9.23. The van der Waals surface area contributed by atoms with Gasteiger partial charge in [0.05, 0.1) is 25.4 Å². The first-order valence-corrected chi connectivity index (χ1v) is 12.1. The van der Waals surface area contributed by atoms with Gasteiger partial charge in [0, 0.05) is 10.0 Å². The number of aryl methyl sites for hydroxylation is 1. The van der Waals surface area contributed by atoms with E-state index in [0.29, 0.717) is 47.3 Å². The normalized spacial score (nSPS) is 14.1. The van der Waals surface area contributed by atoms with Crippen LogP contribution in [0, 0.1) is 18.8 Å². The molecule has 1 aliphatic heterocycles. The summed E-state index contributed by atoms with van der Waals surface area (Å²) in [5, 5.41) is 10.7. The third-order valence-electron chi connectivity index (χ3n) is 5.58. The number of aliphatic hydroxyl groups is 1. The third kappa shape index (κ3) is 5.64. The van der Waals surface area contributed by atoms with E-state index in [1.165, 1.54) is 7.11 Å². The van der Waals surface area contributed by atoms with Crippen molar-refractivity contribution in [1.82, 2.24) is 0 Å². The number of fused-ring (bicyclic) bond motifs is 2. The summed E-state index contributed by atoms with van der Waals surface area (Å²) >= 11 is 3.61. The highest BCUT2D eigenvalue weighted by Gasteiger charge is 2.31. The van der Waals surface area contributed by atoms with Crippen molar-refractivity contribution in [1.29, 1.82) is 0 Å². The van der Waals surface area contributed by atoms with Gasteiger partial charge in [0.15, 0.2) is 11.5 Å². The van der Waals surface area contributed by atoms with Gasteiger partial charge in [-0.2, -0.15) is 0 Å². The minimum absolute atomic E-state index is 0.0122. The number of hydrogen-bond donors (Lipinski definition) is 1. The first-order chi connectivity index (χ1) is 15.6. The Morgan fingerprint density at radius 3 is 2.55 bits per heavy atom. The Hall–Kier alpha value is -2.25. The molecule has 0 unspecified atom stereocenters. The molecule has 0 bridgehead atoms. The van der Waals surface area contributed by atoms with Crippen LogP contribution >= 0.6 is 15.9 Å². The number of carbonyl (C=O) groups is 1. The molecule has 0 fully saturated rings. The standard InChI is InChI=1S/C26H33BrO6/c1-14(2)9-10-31-21-12-16(5)23(27)18-13-32-26(29)22-20(33-24(18)21)8-7-17(25(22)30-6)19(28)11-15(3)4/h7-8,12,14-15,19,28H,9-11,13H2,1-6H3/t19-/m0/s1. The number of hydrogen-bond acceptors (Lipinski definition) is 6. The fourth-order valence-electron chi connectivity index (χ4n) is 3.80. The lowest BCUT2D eigenvalue weighted by atomic mass is 9.96. The van der Waals surface area contributed by atoms with E-state index in [4.69, 9.17) is 18.9 Å². The molecule has 180 valence electrons. The molecular weight excluding hydrogens is 488 g/mol. The maximum absolute atomic E-state index is 13.1. The number of benzene rings is 2. The van der Waals surface area contributed by atoms with E-state index in [9.17, 15) is 9.90 Å². The fraction of sp³-hybridized carbons (Fsp3) is 0.500. The van der Waals surface area contributed by atoms with Crippen molar-refractivity contribution >= 4 is 21.9 Å². The van der Waals surface area contributed by atoms with Gasteiger partial charge >= 0.3 is 5.97 Å². The summed E-state index contributed by atoms with van der Waals surface area (Å²) in [7, 11) is 1.47.